The molecular weight excluding hydrogens is 366 g/mol. The van der Waals surface area contributed by atoms with Gasteiger partial charge >= 0.3 is 5.97 Å². The zero-order valence-corrected chi connectivity index (χ0v) is 17.0. The lowest BCUT2D eigenvalue weighted by molar-refractivity contribution is -0.160. The Morgan fingerprint density at radius 1 is 0.966 bits per heavy atom. The van der Waals surface area contributed by atoms with Crippen LogP contribution in [0.5, 0.6) is 11.5 Å². The number of likely N-dealkylation sites (N-methyl/N-ethyl adjacent to an activating group) is 1. The van der Waals surface area contributed by atoms with E-state index < -0.39 is 18.0 Å². The maximum Gasteiger partial charge on any atom is 0.318 e. The Balaban J connectivity index is 1.53. The number of ether oxygens (including phenoxy) is 2. The van der Waals surface area contributed by atoms with E-state index in [0.29, 0.717) is 11.5 Å². The van der Waals surface area contributed by atoms with Crippen LogP contribution in [-0.2, 0) is 14.3 Å². The molecule has 1 atom stereocenters. The Labute approximate surface area is 171 Å². The predicted octanol–water partition coefficient (Wildman–Crippen LogP) is 4.65. The summed E-state index contributed by atoms with van der Waals surface area (Å²) in [5, 5.41) is 0. The number of nitrogens with zero attached hydrogens (tertiary/aromatic N) is 1. The van der Waals surface area contributed by atoms with Crippen LogP contribution in [0.15, 0.2) is 48.5 Å². The standard InChI is InChI=1S/C24H27NO4/c1-16(23(26)25(2)17-10-4-3-5-11-17)28-24(27)22-18-12-6-8-14-20(18)29-21-15-9-7-13-19(21)22/h6-9,12-17,22H,3-5,10-11H2,1-2H3/t16-/m1/s1. The van der Waals surface area contributed by atoms with Crippen LogP contribution in [0, 0.1) is 0 Å². The van der Waals surface area contributed by atoms with E-state index in [1.807, 2.05) is 55.6 Å². The monoisotopic (exact) mass is 393 g/mol. The molecule has 29 heavy (non-hydrogen) atoms. The summed E-state index contributed by atoms with van der Waals surface area (Å²) in [7, 11) is 1.82. The molecule has 0 spiro atoms. The lowest BCUT2D eigenvalue weighted by Gasteiger charge is -2.33. The summed E-state index contributed by atoms with van der Waals surface area (Å²) < 4.78 is 11.6. The second-order valence-corrected chi connectivity index (χ2v) is 7.93. The first-order chi connectivity index (χ1) is 14.1. The third-order valence-electron chi connectivity index (χ3n) is 6.03. The molecule has 0 bridgehead atoms. The van der Waals surface area contributed by atoms with Crippen molar-refractivity contribution in [2.75, 3.05) is 7.05 Å². The van der Waals surface area contributed by atoms with Crippen LogP contribution in [0.4, 0.5) is 0 Å². The summed E-state index contributed by atoms with van der Waals surface area (Å²) in [5.41, 5.74) is 1.52. The van der Waals surface area contributed by atoms with E-state index in [1.165, 1.54) is 6.42 Å². The molecular formula is C24H27NO4. The first-order valence-electron chi connectivity index (χ1n) is 10.4. The summed E-state index contributed by atoms with van der Waals surface area (Å²) in [6, 6.07) is 15.2. The third kappa shape index (κ3) is 3.86. The van der Waals surface area contributed by atoms with E-state index >= 15 is 0 Å². The highest BCUT2D eigenvalue weighted by Gasteiger charge is 2.36. The van der Waals surface area contributed by atoms with Crippen molar-refractivity contribution in [3.63, 3.8) is 0 Å². The van der Waals surface area contributed by atoms with E-state index in [9.17, 15) is 9.59 Å². The number of carbonyl (C=O) groups excluding carboxylic acids is 2. The largest absolute Gasteiger partial charge is 0.457 e. The van der Waals surface area contributed by atoms with Gasteiger partial charge in [0.1, 0.15) is 17.4 Å². The smallest absolute Gasteiger partial charge is 0.318 e. The number of hydrogen-bond donors (Lipinski definition) is 0. The molecule has 1 saturated carbocycles. The number of benzene rings is 2. The summed E-state index contributed by atoms with van der Waals surface area (Å²) in [5.74, 6) is 0.120. The van der Waals surface area contributed by atoms with E-state index in [0.717, 1.165) is 36.8 Å². The molecule has 5 nitrogen and oxygen atoms in total. The van der Waals surface area contributed by atoms with Gasteiger partial charge in [-0.05, 0) is 31.9 Å². The quantitative estimate of drug-likeness (QED) is 0.710. The molecule has 4 rings (SSSR count). The third-order valence-corrected chi connectivity index (χ3v) is 6.03. The molecule has 5 heteroatoms. The molecule has 152 valence electrons. The Morgan fingerprint density at radius 2 is 1.52 bits per heavy atom. The van der Waals surface area contributed by atoms with Gasteiger partial charge in [0.05, 0.1) is 0 Å². The van der Waals surface area contributed by atoms with Gasteiger partial charge in [0, 0.05) is 24.2 Å². The Kier molecular flexibility index (Phi) is 5.56. The second-order valence-electron chi connectivity index (χ2n) is 7.93. The Bertz CT molecular complexity index is 858. The van der Waals surface area contributed by atoms with Crippen LogP contribution in [0.1, 0.15) is 56.1 Å². The average Bonchev–Trinajstić information content (AvgIpc) is 2.76. The number of carbonyl (C=O) groups is 2. The topological polar surface area (TPSA) is 55.8 Å². The molecule has 2 aromatic carbocycles. The van der Waals surface area contributed by atoms with Gasteiger partial charge in [-0.25, -0.2) is 0 Å². The van der Waals surface area contributed by atoms with Crippen LogP contribution in [0.25, 0.3) is 0 Å². The van der Waals surface area contributed by atoms with Gasteiger partial charge in [0.25, 0.3) is 5.91 Å². The van der Waals surface area contributed by atoms with Crippen LogP contribution < -0.4 is 4.74 Å². The molecule has 1 heterocycles. The SMILES string of the molecule is C[C@@H](OC(=O)C1c2ccccc2Oc2ccccc21)C(=O)N(C)C1CCCCC1. The Morgan fingerprint density at radius 3 is 2.10 bits per heavy atom. The molecule has 1 fully saturated rings. The molecule has 2 aliphatic rings. The van der Waals surface area contributed by atoms with Gasteiger partial charge in [0.2, 0.25) is 0 Å². The second kappa shape index (κ2) is 8.27. The fourth-order valence-corrected chi connectivity index (χ4v) is 4.39. The summed E-state index contributed by atoms with van der Waals surface area (Å²) in [6.45, 7) is 1.66. The van der Waals surface area contributed by atoms with Crippen molar-refractivity contribution in [1.29, 1.82) is 0 Å². The van der Waals surface area contributed by atoms with Crippen LogP contribution in [-0.4, -0.2) is 36.0 Å². The fourth-order valence-electron chi connectivity index (χ4n) is 4.39. The lowest BCUT2D eigenvalue weighted by Crippen LogP contribution is -2.44. The van der Waals surface area contributed by atoms with Crippen molar-refractivity contribution in [2.45, 2.75) is 57.1 Å². The average molecular weight is 393 g/mol. The number of hydrogen-bond acceptors (Lipinski definition) is 4. The van der Waals surface area contributed by atoms with Gasteiger partial charge in [0.15, 0.2) is 6.10 Å². The zero-order chi connectivity index (χ0) is 20.4. The summed E-state index contributed by atoms with van der Waals surface area (Å²) in [4.78, 5) is 27.8. The van der Waals surface area contributed by atoms with Crippen LogP contribution >= 0.6 is 0 Å². The first kappa shape index (κ1) is 19.5. The molecule has 0 saturated heterocycles. The highest BCUT2D eigenvalue weighted by Crippen LogP contribution is 2.44. The lowest BCUT2D eigenvalue weighted by atomic mass is 9.88. The maximum absolute atomic E-state index is 13.2. The van der Waals surface area contributed by atoms with Gasteiger partial charge < -0.3 is 14.4 Å². The predicted molar refractivity (Wildman–Crippen MR) is 110 cm³/mol. The van der Waals surface area contributed by atoms with Gasteiger partial charge in [-0.15, -0.1) is 0 Å². The molecule has 0 radical (unpaired) electrons. The minimum atomic E-state index is -0.823. The van der Waals surface area contributed by atoms with Crippen LogP contribution in [0.3, 0.4) is 0 Å². The Hall–Kier alpha value is -2.82. The zero-order valence-electron chi connectivity index (χ0n) is 17.0. The molecule has 2 aromatic rings. The van der Waals surface area contributed by atoms with E-state index in [-0.39, 0.29) is 11.9 Å². The normalized spacial score (nSPS) is 17.4. The molecule has 0 N–H and O–H groups in total. The minimum Gasteiger partial charge on any atom is -0.457 e. The maximum atomic E-state index is 13.2. The molecule has 0 unspecified atom stereocenters. The number of amides is 1. The summed E-state index contributed by atoms with van der Waals surface area (Å²) >= 11 is 0. The van der Waals surface area contributed by atoms with Crippen molar-refractivity contribution >= 4 is 11.9 Å². The summed E-state index contributed by atoms with van der Waals surface area (Å²) in [6.07, 6.45) is 4.73. The fraction of sp³-hybridized carbons (Fsp3) is 0.417. The molecule has 0 aromatic heterocycles. The highest BCUT2D eigenvalue weighted by atomic mass is 16.5. The van der Waals surface area contributed by atoms with E-state index in [1.54, 1.807) is 11.8 Å². The first-order valence-corrected chi connectivity index (χ1v) is 10.4. The highest BCUT2D eigenvalue weighted by molar-refractivity contribution is 5.89. The van der Waals surface area contributed by atoms with Crippen molar-refractivity contribution in [1.82, 2.24) is 4.90 Å². The van der Waals surface area contributed by atoms with Gasteiger partial charge in [-0.3, -0.25) is 9.59 Å². The molecule has 1 aliphatic heterocycles. The molecule has 1 amide bonds. The number of esters is 1. The van der Waals surface area contributed by atoms with Crippen molar-refractivity contribution in [3.8, 4) is 11.5 Å². The van der Waals surface area contributed by atoms with Crippen molar-refractivity contribution in [2.24, 2.45) is 0 Å². The van der Waals surface area contributed by atoms with Gasteiger partial charge in [-0.2, -0.15) is 0 Å². The number of fused-ring (bicyclic) bond motifs is 2. The van der Waals surface area contributed by atoms with E-state index in [2.05, 4.69) is 0 Å². The van der Waals surface area contributed by atoms with Crippen molar-refractivity contribution < 1.29 is 19.1 Å². The van der Waals surface area contributed by atoms with E-state index in [4.69, 9.17) is 9.47 Å². The minimum absolute atomic E-state index is 0.140. The van der Waals surface area contributed by atoms with Crippen LogP contribution in [0.2, 0.25) is 0 Å². The number of rotatable bonds is 4. The van der Waals surface area contributed by atoms with Crippen molar-refractivity contribution in [3.05, 3.63) is 59.7 Å². The van der Waals surface area contributed by atoms with Gasteiger partial charge in [-0.1, -0.05) is 55.7 Å². The molecule has 1 aliphatic carbocycles. The number of para-hydroxylation sites is 2.